The Balaban J connectivity index is 1.84. The lowest BCUT2D eigenvalue weighted by Crippen LogP contribution is -2.36. The average Bonchev–Trinajstić information content (AvgIpc) is 3.15. The summed E-state index contributed by atoms with van der Waals surface area (Å²) in [7, 11) is 3.35. The molecule has 0 saturated carbocycles. The molecule has 0 atom stereocenters. The van der Waals surface area contributed by atoms with Crippen LogP contribution in [0.4, 0.5) is 0 Å². The third-order valence-electron chi connectivity index (χ3n) is 3.94. The molecule has 0 bridgehead atoms. The summed E-state index contributed by atoms with van der Waals surface area (Å²) in [4.78, 5) is 27.6. The molecule has 1 aliphatic heterocycles. The van der Waals surface area contributed by atoms with Crippen molar-refractivity contribution in [2.45, 2.75) is 13.0 Å². The van der Waals surface area contributed by atoms with Gasteiger partial charge in [0.05, 0.1) is 12.0 Å². The molecule has 0 aliphatic carbocycles. The van der Waals surface area contributed by atoms with Crippen LogP contribution in [-0.4, -0.2) is 40.1 Å². The Labute approximate surface area is 137 Å². The van der Waals surface area contributed by atoms with Gasteiger partial charge in [0.2, 0.25) is 0 Å². The van der Waals surface area contributed by atoms with Crippen LogP contribution in [0.1, 0.15) is 30.6 Å². The second-order valence-electron chi connectivity index (χ2n) is 5.32. The number of thiophene rings is 1. The number of amides is 2. The fraction of sp³-hybridized carbons (Fsp3) is 0.333. The van der Waals surface area contributed by atoms with Crippen molar-refractivity contribution >= 4 is 23.2 Å². The maximum absolute atomic E-state index is 12.8. The number of aryl methyl sites for hydroxylation is 1. The lowest BCUT2D eigenvalue weighted by atomic mass is 10.1. The first-order valence-electron chi connectivity index (χ1n) is 7.09. The zero-order valence-electron chi connectivity index (χ0n) is 12.8. The molecule has 0 fully saturated rings. The van der Waals surface area contributed by atoms with Crippen molar-refractivity contribution in [3.8, 4) is 5.75 Å². The Morgan fingerprint density at radius 1 is 1.43 bits per heavy atom. The zero-order valence-corrected chi connectivity index (χ0v) is 13.6. The third-order valence-corrected chi connectivity index (χ3v) is 5.17. The molecule has 122 valence electrons. The Kier molecular flexibility index (Phi) is 4.10. The van der Waals surface area contributed by atoms with Crippen molar-refractivity contribution < 1.29 is 19.5 Å². The number of hydroxylamine groups is 1. The third kappa shape index (κ3) is 2.71. The van der Waals surface area contributed by atoms with Gasteiger partial charge in [-0.1, -0.05) is 0 Å². The van der Waals surface area contributed by atoms with Gasteiger partial charge in [0.1, 0.15) is 11.4 Å². The van der Waals surface area contributed by atoms with E-state index in [1.165, 1.54) is 11.3 Å². The normalized spacial score (nSPS) is 13.6. The second kappa shape index (κ2) is 6.05. The standard InChI is InChI=1S/C15H17N3O4S/c1-17-5-3-10(22-2)13(17)15(20)18-6-4-11-9(8-18)7-12(23-11)14(19)16-21/h3,5,7,21H,4,6,8H2,1-2H3,(H,16,19). The van der Waals surface area contributed by atoms with Crippen LogP contribution in [0, 0.1) is 0 Å². The predicted molar refractivity (Wildman–Crippen MR) is 84.0 cm³/mol. The van der Waals surface area contributed by atoms with Crippen LogP contribution in [-0.2, 0) is 20.0 Å². The van der Waals surface area contributed by atoms with Crippen molar-refractivity contribution in [1.29, 1.82) is 0 Å². The van der Waals surface area contributed by atoms with Crippen molar-refractivity contribution in [2.24, 2.45) is 7.05 Å². The van der Waals surface area contributed by atoms with E-state index >= 15 is 0 Å². The smallest absolute Gasteiger partial charge is 0.284 e. The van der Waals surface area contributed by atoms with Crippen LogP contribution in [0.3, 0.4) is 0 Å². The maximum atomic E-state index is 12.8. The van der Waals surface area contributed by atoms with Gasteiger partial charge in [-0.05, 0) is 24.1 Å². The molecule has 3 rings (SSSR count). The molecule has 8 heteroatoms. The minimum Gasteiger partial charge on any atom is -0.494 e. The van der Waals surface area contributed by atoms with Crippen molar-refractivity contribution in [1.82, 2.24) is 14.9 Å². The van der Waals surface area contributed by atoms with Gasteiger partial charge in [0.15, 0.2) is 0 Å². The Morgan fingerprint density at radius 3 is 2.91 bits per heavy atom. The molecule has 0 radical (unpaired) electrons. The Morgan fingerprint density at radius 2 is 2.22 bits per heavy atom. The second-order valence-corrected chi connectivity index (χ2v) is 6.46. The molecular weight excluding hydrogens is 318 g/mol. The lowest BCUT2D eigenvalue weighted by Gasteiger charge is -2.27. The summed E-state index contributed by atoms with van der Waals surface area (Å²) in [6, 6.07) is 3.49. The average molecular weight is 335 g/mol. The molecule has 0 spiro atoms. The van der Waals surface area contributed by atoms with E-state index in [9.17, 15) is 9.59 Å². The molecule has 2 aromatic rings. The highest BCUT2D eigenvalue weighted by atomic mass is 32.1. The molecule has 2 aromatic heterocycles. The van der Waals surface area contributed by atoms with Crippen LogP contribution < -0.4 is 10.2 Å². The largest absolute Gasteiger partial charge is 0.494 e. The number of rotatable bonds is 3. The van der Waals surface area contributed by atoms with Crippen LogP contribution in [0.25, 0.3) is 0 Å². The van der Waals surface area contributed by atoms with Gasteiger partial charge in [0, 0.05) is 31.2 Å². The van der Waals surface area contributed by atoms with E-state index in [0.29, 0.717) is 35.8 Å². The number of nitrogens with one attached hydrogen (secondary N) is 1. The summed E-state index contributed by atoms with van der Waals surface area (Å²) >= 11 is 1.35. The minimum atomic E-state index is -0.522. The molecular formula is C15H17N3O4S. The number of hydrogen-bond donors (Lipinski definition) is 2. The fourth-order valence-electron chi connectivity index (χ4n) is 2.75. The monoisotopic (exact) mass is 335 g/mol. The van der Waals surface area contributed by atoms with E-state index < -0.39 is 5.91 Å². The lowest BCUT2D eigenvalue weighted by molar-refractivity contribution is 0.0710. The number of ether oxygens (including phenoxy) is 1. The summed E-state index contributed by atoms with van der Waals surface area (Å²) in [6.45, 7) is 1.03. The first-order valence-corrected chi connectivity index (χ1v) is 7.91. The van der Waals surface area contributed by atoms with Crippen LogP contribution in [0.15, 0.2) is 18.3 Å². The molecule has 2 amide bonds. The van der Waals surface area contributed by atoms with Gasteiger partial charge >= 0.3 is 0 Å². The highest BCUT2D eigenvalue weighted by molar-refractivity contribution is 7.14. The molecule has 7 nitrogen and oxygen atoms in total. The van der Waals surface area contributed by atoms with Crippen molar-refractivity contribution in [3.63, 3.8) is 0 Å². The molecule has 3 heterocycles. The quantitative estimate of drug-likeness (QED) is 0.656. The molecule has 0 unspecified atom stereocenters. The number of nitrogens with zero attached hydrogens (tertiary/aromatic N) is 2. The van der Waals surface area contributed by atoms with Crippen LogP contribution >= 0.6 is 11.3 Å². The van der Waals surface area contributed by atoms with E-state index in [4.69, 9.17) is 9.94 Å². The topological polar surface area (TPSA) is 83.8 Å². The van der Waals surface area contributed by atoms with Gasteiger partial charge in [-0.2, -0.15) is 0 Å². The van der Waals surface area contributed by atoms with Gasteiger partial charge in [0.25, 0.3) is 11.8 Å². The first-order chi connectivity index (χ1) is 11.0. The van der Waals surface area contributed by atoms with Gasteiger partial charge in [-0.25, -0.2) is 5.48 Å². The van der Waals surface area contributed by atoms with E-state index in [1.807, 2.05) is 0 Å². The summed E-state index contributed by atoms with van der Waals surface area (Å²) in [5.74, 6) is -0.0697. The molecule has 0 aromatic carbocycles. The van der Waals surface area contributed by atoms with Crippen molar-refractivity contribution in [2.75, 3.05) is 13.7 Å². The minimum absolute atomic E-state index is 0.0978. The summed E-state index contributed by atoms with van der Waals surface area (Å²) in [5.41, 5.74) is 3.10. The highest BCUT2D eigenvalue weighted by Gasteiger charge is 2.28. The Hall–Kier alpha value is -2.32. The van der Waals surface area contributed by atoms with E-state index in [1.54, 1.807) is 47.4 Å². The summed E-state index contributed by atoms with van der Waals surface area (Å²) in [6.07, 6.45) is 2.48. The number of methoxy groups -OCH3 is 1. The number of aromatic nitrogens is 1. The molecule has 2 N–H and O–H groups in total. The first kappa shape index (κ1) is 15.6. The highest BCUT2D eigenvalue weighted by Crippen LogP contribution is 2.30. The van der Waals surface area contributed by atoms with E-state index in [-0.39, 0.29) is 5.91 Å². The molecule has 23 heavy (non-hydrogen) atoms. The molecule has 0 saturated heterocycles. The van der Waals surface area contributed by atoms with Crippen molar-refractivity contribution in [3.05, 3.63) is 39.3 Å². The number of fused-ring (bicyclic) bond motifs is 1. The van der Waals surface area contributed by atoms with Gasteiger partial charge in [-0.15, -0.1) is 11.3 Å². The Bertz CT molecular complexity index is 765. The van der Waals surface area contributed by atoms with Crippen LogP contribution in [0.5, 0.6) is 5.75 Å². The van der Waals surface area contributed by atoms with E-state index in [2.05, 4.69) is 0 Å². The van der Waals surface area contributed by atoms with E-state index in [0.717, 1.165) is 10.4 Å². The maximum Gasteiger partial charge on any atom is 0.284 e. The zero-order chi connectivity index (χ0) is 16.6. The fourth-order valence-corrected chi connectivity index (χ4v) is 3.80. The number of hydrogen-bond acceptors (Lipinski definition) is 5. The number of carbonyl (C=O) groups is 2. The predicted octanol–water partition coefficient (Wildman–Crippen LogP) is 1.41. The SMILES string of the molecule is COc1ccn(C)c1C(=O)N1CCc2sc(C(=O)NO)cc2C1. The van der Waals surface area contributed by atoms with Gasteiger partial charge < -0.3 is 14.2 Å². The molecule has 1 aliphatic rings. The summed E-state index contributed by atoms with van der Waals surface area (Å²) in [5, 5.41) is 8.73. The number of carbonyl (C=O) groups excluding carboxylic acids is 2. The van der Waals surface area contributed by atoms with Crippen LogP contribution in [0.2, 0.25) is 0 Å². The van der Waals surface area contributed by atoms with Gasteiger partial charge in [-0.3, -0.25) is 14.8 Å². The summed E-state index contributed by atoms with van der Waals surface area (Å²) < 4.78 is 7.00.